The van der Waals surface area contributed by atoms with E-state index in [1.807, 2.05) is 19.9 Å². The van der Waals surface area contributed by atoms with Crippen LogP contribution in [0.4, 0.5) is 0 Å². The van der Waals surface area contributed by atoms with E-state index in [1.165, 1.54) is 14.0 Å². The number of esters is 2. The lowest BCUT2D eigenvalue weighted by molar-refractivity contribution is -0.163. The Morgan fingerprint density at radius 3 is 2.48 bits per heavy atom. The minimum absolute atomic E-state index is 0.266. The van der Waals surface area contributed by atoms with Gasteiger partial charge in [0.15, 0.2) is 0 Å². The third-order valence-electron chi connectivity index (χ3n) is 5.68. The molecule has 0 saturated carbocycles. The molecule has 2 N–H and O–H groups in total. The molecule has 4 atom stereocenters. The van der Waals surface area contributed by atoms with Gasteiger partial charge in [-0.2, -0.15) is 0 Å². The molecular formula is C23H36O6. The van der Waals surface area contributed by atoms with Gasteiger partial charge >= 0.3 is 11.9 Å². The minimum atomic E-state index is -1.28. The molecule has 0 fully saturated rings. The summed E-state index contributed by atoms with van der Waals surface area (Å²) in [6, 6.07) is 0. The number of carbonyl (C=O) groups is 2. The van der Waals surface area contributed by atoms with Crippen LogP contribution in [-0.4, -0.2) is 47.1 Å². The first-order valence-corrected chi connectivity index (χ1v) is 10.1. The Morgan fingerprint density at radius 2 is 1.90 bits per heavy atom. The van der Waals surface area contributed by atoms with Gasteiger partial charge in [0.2, 0.25) is 0 Å². The summed E-state index contributed by atoms with van der Waals surface area (Å²) in [5, 5.41) is 21.7. The Bertz CT molecular complexity index is 658. The van der Waals surface area contributed by atoms with Crippen molar-refractivity contribution < 1.29 is 29.3 Å². The summed E-state index contributed by atoms with van der Waals surface area (Å²) in [7, 11) is 1.29. The van der Waals surface area contributed by atoms with Gasteiger partial charge in [0.1, 0.15) is 6.10 Å². The number of rotatable bonds is 3. The highest BCUT2D eigenvalue weighted by molar-refractivity contribution is 5.88. The third kappa shape index (κ3) is 8.15. The van der Waals surface area contributed by atoms with Crippen LogP contribution in [0.15, 0.2) is 35.5 Å². The molecule has 0 radical (unpaired) electrons. The number of hydrogen-bond acceptors (Lipinski definition) is 6. The topological polar surface area (TPSA) is 93.1 Å². The monoisotopic (exact) mass is 408 g/mol. The summed E-state index contributed by atoms with van der Waals surface area (Å²) in [4.78, 5) is 23.6. The highest BCUT2D eigenvalue weighted by Crippen LogP contribution is 2.32. The molecule has 29 heavy (non-hydrogen) atoms. The van der Waals surface area contributed by atoms with E-state index in [0.29, 0.717) is 32.1 Å². The number of carbonyl (C=O) groups excluding carboxylic acids is 2. The largest absolute Gasteiger partial charge is 0.466 e. The van der Waals surface area contributed by atoms with Crippen LogP contribution in [0.2, 0.25) is 0 Å². The van der Waals surface area contributed by atoms with Gasteiger partial charge in [0.25, 0.3) is 0 Å². The smallest absolute Gasteiger partial charge is 0.333 e. The second-order valence-corrected chi connectivity index (χ2v) is 8.23. The molecule has 0 bridgehead atoms. The summed E-state index contributed by atoms with van der Waals surface area (Å²) in [6.45, 7) is 10.7. The van der Waals surface area contributed by atoms with Crippen molar-refractivity contribution in [3.8, 4) is 0 Å². The lowest BCUT2D eigenvalue weighted by Crippen LogP contribution is -2.42. The van der Waals surface area contributed by atoms with Crippen molar-refractivity contribution >= 4 is 11.9 Å². The average molecular weight is 409 g/mol. The number of ether oxygens (including phenoxy) is 2. The summed E-state index contributed by atoms with van der Waals surface area (Å²) in [5.41, 5.74) is 0.950. The molecule has 6 heteroatoms. The van der Waals surface area contributed by atoms with Crippen LogP contribution in [0.1, 0.15) is 66.2 Å². The van der Waals surface area contributed by atoms with Gasteiger partial charge in [-0.1, -0.05) is 24.3 Å². The zero-order chi connectivity index (χ0) is 22.2. The fourth-order valence-electron chi connectivity index (χ4n) is 3.55. The van der Waals surface area contributed by atoms with Gasteiger partial charge < -0.3 is 19.7 Å². The molecule has 0 spiro atoms. The molecule has 0 amide bonds. The van der Waals surface area contributed by atoms with E-state index in [-0.39, 0.29) is 17.9 Å². The molecule has 164 valence electrons. The second kappa shape index (κ2) is 11.3. The highest BCUT2D eigenvalue weighted by atomic mass is 16.6. The van der Waals surface area contributed by atoms with Crippen LogP contribution in [-0.2, 0) is 19.1 Å². The third-order valence-corrected chi connectivity index (χ3v) is 5.68. The Labute approximate surface area is 174 Å². The minimum Gasteiger partial charge on any atom is -0.466 e. The van der Waals surface area contributed by atoms with Gasteiger partial charge in [0, 0.05) is 12.5 Å². The van der Waals surface area contributed by atoms with Crippen molar-refractivity contribution in [2.45, 2.75) is 84.0 Å². The van der Waals surface area contributed by atoms with E-state index in [9.17, 15) is 19.8 Å². The van der Waals surface area contributed by atoms with Crippen molar-refractivity contribution in [1.29, 1.82) is 0 Å². The molecule has 1 aliphatic rings. The first-order valence-electron chi connectivity index (χ1n) is 10.1. The van der Waals surface area contributed by atoms with Gasteiger partial charge in [0.05, 0.1) is 18.8 Å². The average Bonchev–Trinajstić information content (AvgIpc) is 2.65. The maximum atomic E-state index is 12.0. The molecule has 1 rings (SSSR count). The molecule has 0 aliphatic heterocycles. The summed E-state index contributed by atoms with van der Waals surface area (Å²) in [6.07, 6.45) is 5.48. The van der Waals surface area contributed by atoms with Gasteiger partial charge in [-0.3, -0.25) is 4.79 Å². The van der Waals surface area contributed by atoms with Gasteiger partial charge in [-0.15, -0.1) is 0 Å². The van der Waals surface area contributed by atoms with E-state index in [4.69, 9.17) is 9.47 Å². The molecule has 0 aromatic carbocycles. The molecule has 0 unspecified atom stereocenters. The number of allylic oxidation sites excluding steroid dienone is 3. The second-order valence-electron chi connectivity index (χ2n) is 8.23. The Balaban J connectivity index is 3.21. The van der Waals surface area contributed by atoms with Gasteiger partial charge in [-0.05, 0) is 70.8 Å². The summed E-state index contributed by atoms with van der Waals surface area (Å²) < 4.78 is 10.2. The highest BCUT2D eigenvalue weighted by Gasteiger charge is 2.36. The van der Waals surface area contributed by atoms with Crippen molar-refractivity contribution in [3.63, 3.8) is 0 Å². The molecular weight excluding hydrogens is 372 g/mol. The number of aliphatic hydroxyl groups excluding tert-OH is 1. The quantitative estimate of drug-likeness (QED) is 0.421. The Hall–Kier alpha value is -1.92. The summed E-state index contributed by atoms with van der Waals surface area (Å²) >= 11 is 0. The van der Waals surface area contributed by atoms with Crippen LogP contribution in [0.3, 0.4) is 0 Å². The van der Waals surface area contributed by atoms with E-state index in [1.54, 1.807) is 6.92 Å². The van der Waals surface area contributed by atoms with E-state index >= 15 is 0 Å². The Morgan fingerprint density at radius 1 is 1.24 bits per heavy atom. The maximum Gasteiger partial charge on any atom is 0.333 e. The van der Waals surface area contributed by atoms with Crippen molar-refractivity contribution in [2.24, 2.45) is 5.92 Å². The zero-order valence-corrected chi connectivity index (χ0v) is 18.4. The standard InChI is InChI=1S/C23H36O6/c1-15-8-7-9-16(2)20(25)14-19(17(3)22(26)28-6)12-13-23(5,27)21(11-10-15)29-18(4)24/h8-9,19-21,25,27H,3,7,10-14H2,1-2,4-6H3/b15-8+,16-9+/t19-,20-,21+,23-/m1/s1. The number of methoxy groups -OCH3 is 1. The first kappa shape index (κ1) is 25.1. The van der Waals surface area contributed by atoms with E-state index in [2.05, 4.69) is 12.7 Å². The molecule has 6 nitrogen and oxygen atoms in total. The lowest BCUT2D eigenvalue weighted by Gasteiger charge is -2.34. The Kier molecular flexibility index (Phi) is 9.80. The van der Waals surface area contributed by atoms with Crippen LogP contribution in [0.5, 0.6) is 0 Å². The van der Waals surface area contributed by atoms with Crippen molar-refractivity contribution in [2.75, 3.05) is 7.11 Å². The van der Waals surface area contributed by atoms with Crippen LogP contribution in [0.25, 0.3) is 0 Å². The van der Waals surface area contributed by atoms with E-state index < -0.39 is 29.7 Å². The van der Waals surface area contributed by atoms with E-state index in [0.717, 1.165) is 11.1 Å². The lowest BCUT2D eigenvalue weighted by atomic mass is 9.81. The van der Waals surface area contributed by atoms with Gasteiger partial charge in [-0.25, -0.2) is 4.79 Å². The maximum absolute atomic E-state index is 12.0. The molecule has 1 aliphatic carbocycles. The van der Waals surface area contributed by atoms with Crippen molar-refractivity contribution in [3.05, 3.63) is 35.5 Å². The predicted molar refractivity (Wildman–Crippen MR) is 112 cm³/mol. The normalized spacial score (nSPS) is 33.3. The fourth-order valence-corrected chi connectivity index (χ4v) is 3.55. The number of aliphatic hydroxyl groups is 2. The number of hydrogen-bond donors (Lipinski definition) is 2. The predicted octanol–water partition coefficient (Wildman–Crippen LogP) is 3.62. The fraction of sp³-hybridized carbons (Fsp3) is 0.652. The molecule has 0 heterocycles. The SMILES string of the molecule is C=C(C(=O)OC)[C@@H]1CC[C@@](C)(O)[C@@H](OC(C)=O)CC/C(C)=C/C/C=C(\C)[C@H](O)C1. The summed E-state index contributed by atoms with van der Waals surface area (Å²) in [5.74, 6) is -1.34. The zero-order valence-electron chi connectivity index (χ0n) is 18.4. The molecule has 0 aromatic rings. The first-order chi connectivity index (χ1) is 13.5. The molecule has 0 aromatic heterocycles. The molecule has 0 saturated heterocycles. The van der Waals surface area contributed by atoms with Crippen LogP contribution >= 0.6 is 0 Å². The van der Waals surface area contributed by atoms with Crippen LogP contribution in [0, 0.1) is 5.92 Å². The van der Waals surface area contributed by atoms with Crippen LogP contribution < -0.4 is 0 Å². The van der Waals surface area contributed by atoms with Crippen molar-refractivity contribution in [1.82, 2.24) is 0 Å².